The molecule has 114 valence electrons. The molecule has 0 saturated carbocycles. The lowest BCUT2D eigenvalue weighted by Crippen LogP contribution is -1.89. The second-order valence-electron chi connectivity index (χ2n) is 5.12. The van der Waals surface area contributed by atoms with Crippen LogP contribution in [0, 0.1) is 11.3 Å². The highest BCUT2D eigenvalue weighted by atomic mass is 32.1. The normalized spacial score (nSPS) is 10.5. The molecular weight excluding hydrogens is 318 g/mol. The Morgan fingerprint density at radius 3 is 2.67 bits per heavy atom. The second-order valence-corrected chi connectivity index (χ2v) is 6.15. The fourth-order valence-corrected chi connectivity index (χ4v) is 3.40. The molecule has 24 heavy (non-hydrogen) atoms. The topological polar surface area (TPSA) is 58.8 Å². The molecule has 0 amide bonds. The Kier molecular flexibility index (Phi) is 3.66. The molecule has 4 nitrogen and oxygen atoms in total. The molecule has 2 aromatic heterocycles. The van der Waals surface area contributed by atoms with Crippen LogP contribution >= 0.6 is 11.3 Å². The molecule has 2 aromatic carbocycles. The number of ether oxygens (including phenoxy) is 1. The van der Waals surface area contributed by atoms with E-state index in [2.05, 4.69) is 28.2 Å². The number of nitrogens with zero attached hydrogens (tertiary/aromatic N) is 3. The van der Waals surface area contributed by atoms with Gasteiger partial charge in [0.05, 0.1) is 17.0 Å². The van der Waals surface area contributed by atoms with Crippen LogP contribution in [0.25, 0.3) is 20.7 Å². The SMILES string of the molecule is N#Cc1cccc(Oc2ncnc3sc(-c4ccccc4)cc23)c1. The van der Waals surface area contributed by atoms with Gasteiger partial charge in [0.1, 0.15) is 16.9 Å². The highest BCUT2D eigenvalue weighted by molar-refractivity contribution is 7.21. The third kappa shape index (κ3) is 2.71. The summed E-state index contributed by atoms with van der Waals surface area (Å²) in [6, 6.07) is 21.3. The second kappa shape index (κ2) is 6.11. The van der Waals surface area contributed by atoms with Crippen LogP contribution in [0.5, 0.6) is 11.6 Å². The molecule has 0 saturated heterocycles. The van der Waals surface area contributed by atoms with Crippen LogP contribution in [0.1, 0.15) is 5.56 Å². The predicted molar refractivity (Wildman–Crippen MR) is 94.1 cm³/mol. The molecule has 2 heterocycles. The first-order valence-electron chi connectivity index (χ1n) is 7.31. The van der Waals surface area contributed by atoms with E-state index in [0.717, 1.165) is 20.7 Å². The van der Waals surface area contributed by atoms with Crippen molar-refractivity contribution in [1.29, 1.82) is 5.26 Å². The van der Waals surface area contributed by atoms with Gasteiger partial charge in [-0.15, -0.1) is 11.3 Å². The minimum absolute atomic E-state index is 0.494. The summed E-state index contributed by atoms with van der Waals surface area (Å²) in [6.45, 7) is 0. The van der Waals surface area contributed by atoms with Crippen LogP contribution in [0.4, 0.5) is 0 Å². The van der Waals surface area contributed by atoms with Crippen LogP contribution in [0.2, 0.25) is 0 Å². The van der Waals surface area contributed by atoms with Crippen molar-refractivity contribution in [3.8, 4) is 28.1 Å². The van der Waals surface area contributed by atoms with Crippen LogP contribution in [-0.2, 0) is 0 Å². The zero-order chi connectivity index (χ0) is 16.4. The van der Waals surface area contributed by atoms with Crippen molar-refractivity contribution in [2.45, 2.75) is 0 Å². The molecule has 0 radical (unpaired) electrons. The first-order chi connectivity index (χ1) is 11.8. The van der Waals surface area contributed by atoms with E-state index in [4.69, 9.17) is 10.00 Å². The Bertz CT molecular complexity index is 1050. The Hall–Kier alpha value is -3.23. The van der Waals surface area contributed by atoms with Gasteiger partial charge in [0.15, 0.2) is 0 Å². The van der Waals surface area contributed by atoms with Crippen LogP contribution in [-0.4, -0.2) is 9.97 Å². The average molecular weight is 329 g/mol. The highest BCUT2D eigenvalue weighted by Gasteiger charge is 2.12. The summed E-state index contributed by atoms with van der Waals surface area (Å²) >= 11 is 1.60. The maximum atomic E-state index is 9.00. The van der Waals surface area contributed by atoms with E-state index in [1.165, 1.54) is 6.33 Å². The number of rotatable bonds is 3. The predicted octanol–water partition coefficient (Wildman–Crippen LogP) is 5.02. The van der Waals surface area contributed by atoms with Gasteiger partial charge in [-0.3, -0.25) is 0 Å². The van der Waals surface area contributed by atoms with Crippen molar-refractivity contribution in [3.05, 3.63) is 72.6 Å². The monoisotopic (exact) mass is 329 g/mol. The lowest BCUT2D eigenvalue weighted by molar-refractivity contribution is 0.468. The van der Waals surface area contributed by atoms with Gasteiger partial charge >= 0.3 is 0 Å². The molecule has 0 spiro atoms. The highest BCUT2D eigenvalue weighted by Crippen LogP contribution is 2.37. The molecule has 0 unspecified atom stereocenters. The summed E-state index contributed by atoms with van der Waals surface area (Å²) in [5.41, 5.74) is 1.69. The number of thiophene rings is 1. The number of benzene rings is 2. The van der Waals surface area contributed by atoms with E-state index in [1.54, 1.807) is 35.6 Å². The number of hydrogen-bond acceptors (Lipinski definition) is 5. The molecule has 0 atom stereocenters. The number of nitriles is 1. The molecule has 4 rings (SSSR count). The molecule has 0 aliphatic heterocycles. The van der Waals surface area contributed by atoms with Gasteiger partial charge in [-0.25, -0.2) is 9.97 Å². The number of aromatic nitrogens is 2. The maximum Gasteiger partial charge on any atom is 0.231 e. The molecule has 0 N–H and O–H groups in total. The molecular formula is C19H11N3OS. The van der Waals surface area contributed by atoms with Crippen LogP contribution in [0.15, 0.2) is 67.0 Å². The standard InChI is InChI=1S/C19H11N3OS/c20-11-13-5-4-8-15(9-13)23-18-16-10-17(14-6-2-1-3-7-14)24-19(16)22-12-21-18/h1-10,12H. The summed E-state index contributed by atoms with van der Waals surface area (Å²) in [6.07, 6.45) is 1.50. The van der Waals surface area contributed by atoms with E-state index in [-0.39, 0.29) is 0 Å². The molecule has 0 bridgehead atoms. The van der Waals surface area contributed by atoms with Gasteiger partial charge in [-0.1, -0.05) is 36.4 Å². The van der Waals surface area contributed by atoms with Crippen LogP contribution in [0.3, 0.4) is 0 Å². The largest absolute Gasteiger partial charge is 0.438 e. The van der Waals surface area contributed by atoms with E-state index in [0.29, 0.717) is 17.2 Å². The smallest absolute Gasteiger partial charge is 0.231 e. The van der Waals surface area contributed by atoms with Gasteiger partial charge in [-0.05, 0) is 29.8 Å². The zero-order valence-corrected chi connectivity index (χ0v) is 13.3. The molecule has 0 aliphatic carbocycles. The average Bonchev–Trinajstić information content (AvgIpc) is 3.08. The van der Waals surface area contributed by atoms with Crippen molar-refractivity contribution in [1.82, 2.24) is 9.97 Å². The summed E-state index contributed by atoms with van der Waals surface area (Å²) in [5.74, 6) is 1.08. The summed E-state index contributed by atoms with van der Waals surface area (Å²) in [5, 5.41) is 9.86. The minimum atomic E-state index is 0.494. The van der Waals surface area contributed by atoms with Gasteiger partial charge in [-0.2, -0.15) is 5.26 Å². The summed E-state index contributed by atoms with van der Waals surface area (Å²) in [7, 11) is 0. The van der Waals surface area contributed by atoms with Gasteiger partial charge in [0.25, 0.3) is 0 Å². The first-order valence-corrected chi connectivity index (χ1v) is 8.13. The van der Waals surface area contributed by atoms with E-state index in [9.17, 15) is 0 Å². The zero-order valence-electron chi connectivity index (χ0n) is 12.5. The lowest BCUT2D eigenvalue weighted by Gasteiger charge is -2.05. The third-order valence-electron chi connectivity index (χ3n) is 3.53. The molecule has 4 aromatic rings. The van der Waals surface area contributed by atoms with E-state index < -0.39 is 0 Å². The summed E-state index contributed by atoms with van der Waals surface area (Å²) < 4.78 is 5.89. The van der Waals surface area contributed by atoms with Crippen molar-refractivity contribution >= 4 is 21.6 Å². The lowest BCUT2D eigenvalue weighted by atomic mass is 10.2. The summed E-state index contributed by atoms with van der Waals surface area (Å²) in [4.78, 5) is 10.6. The fourth-order valence-electron chi connectivity index (χ4n) is 2.40. The molecule has 0 fully saturated rings. The van der Waals surface area contributed by atoms with E-state index in [1.807, 2.05) is 24.3 Å². The number of hydrogen-bond donors (Lipinski definition) is 0. The van der Waals surface area contributed by atoms with E-state index >= 15 is 0 Å². The van der Waals surface area contributed by atoms with Gasteiger partial charge < -0.3 is 4.74 Å². The molecule has 0 aliphatic rings. The minimum Gasteiger partial charge on any atom is -0.438 e. The Balaban J connectivity index is 1.76. The molecule has 5 heteroatoms. The Morgan fingerprint density at radius 2 is 1.83 bits per heavy atom. The Morgan fingerprint density at radius 1 is 0.958 bits per heavy atom. The third-order valence-corrected chi connectivity index (χ3v) is 4.62. The van der Waals surface area contributed by atoms with Gasteiger partial charge in [0, 0.05) is 4.88 Å². The first kappa shape index (κ1) is 14.4. The van der Waals surface area contributed by atoms with Crippen molar-refractivity contribution in [2.75, 3.05) is 0 Å². The number of fused-ring (bicyclic) bond motifs is 1. The van der Waals surface area contributed by atoms with Crippen molar-refractivity contribution < 1.29 is 4.74 Å². The Labute approximate surface area is 142 Å². The van der Waals surface area contributed by atoms with Crippen molar-refractivity contribution in [3.63, 3.8) is 0 Å². The van der Waals surface area contributed by atoms with Crippen molar-refractivity contribution in [2.24, 2.45) is 0 Å². The fraction of sp³-hybridized carbons (Fsp3) is 0. The van der Waals surface area contributed by atoms with Gasteiger partial charge in [0.2, 0.25) is 5.88 Å². The maximum absolute atomic E-state index is 9.00. The van der Waals surface area contributed by atoms with Crippen LogP contribution < -0.4 is 4.74 Å². The quantitative estimate of drug-likeness (QED) is 0.529.